The highest BCUT2D eigenvalue weighted by molar-refractivity contribution is 5.76. The molecule has 0 saturated carbocycles. The molecule has 0 saturated heterocycles. The molecule has 1 unspecified atom stereocenters. The Kier molecular flexibility index (Phi) is 6.81. The van der Waals surface area contributed by atoms with Crippen LogP contribution in [0, 0.1) is 11.3 Å². The molecule has 0 aliphatic carbocycles. The van der Waals surface area contributed by atoms with Crippen LogP contribution in [-0.4, -0.2) is 5.78 Å². The average molecular weight is 338 g/mol. The third-order valence-electron chi connectivity index (χ3n) is 5.20. The first kappa shape index (κ1) is 19.2. The van der Waals surface area contributed by atoms with Gasteiger partial charge in [-0.15, -0.1) is 0 Å². The quantitative estimate of drug-likeness (QED) is 0.574. The standard InChI is InChI=1S/C23H30O2/c1-18(2)23(4,16-19(3)24)15-14-20-10-12-22(13-11-20)25-17-21-8-6-5-7-9-21/h5-13,18H,14-17H2,1-4H3. The number of hydrogen-bond donors (Lipinski definition) is 0. The van der Waals surface area contributed by atoms with Crippen LogP contribution in [-0.2, 0) is 17.8 Å². The van der Waals surface area contributed by atoms with E-state index in [0.717, 1.165) is 18.6 Å². The average Bonchev–Trinajstić information content (AvgIpc) is 2.59. The van der Waals surface area contributed by atoms with Gasteiger partial charge in [-0.3, -0.25) is 0 Å². The van der Waals surface area contributed by atoms with Crippen LogP contribution >= 0.6 is 0 Å². The molecule has 0 aliphatic heterocycles. The van der Waals surface area contributed by atoms with Gasteiger partial charge in [-0.2, -0.15) is 0 Å². The zero-order valence-electron chi connectivity index (χ0n) is 15.9. The molecule has 0 bridgehead atoms. The lowest BCUT2D eigenvalue weighted by atomic mass is 9.71. The van der Waals surface area contributed by atoms with E-state index in [0.29, 0.717) is 18.9 Å². The lowest BCUT2D eigenvalue weighted by Crippen LogP contribution is -2.27. The zero-order valence-corrected chi connectivity index (χ0v) is 15.9. The van der Waals surface area contributed by atoms with Crippen LogP contribution in [0.15, 0.2) is 54.6 Å². The van der Waals surface area contributed by atoms with Gasteiger partial charge in [0.25, 0.3) is 0 Å². The molecule has 0 heterocycles. The minimum atomic E-state index is 0.0638. The molecule has 2 nitrogen and oxygen atoms in total. The Labute approximate surface area is 152 Å². The largest absolute Gasteiger partial charge is 0.489 e. The van der Waals surface area contributed by atoms with Crippen LogP contribution < -0.4 is 4.74 Å². The van der Waals surface area contributed by atoms with Gasteiger partial charge in [-0.1, -0.05) is 63.2 Å². The van der Waals surface area contributed by atoms with E-state index in [-0.39, 0.29) is 11.2 Å². The summed E-state index contributed by atoms with van der Waals surface area (Å²) in [5.41, 5.74) is 2.53. The molecule has 0 spiro atoms. The van der Waals surface area contributed by atoms with Gasteiger partial charge in [-0.25, -0.2) is 0 Å². The van der Waals surface area contributed by atoms with E-state index < -0.39 is 0 Å². The Bertz CT molecular complexity index is 658. The van der Waals surface area contributed by atoms with Gasteiger partial charge in [0.15, 0.2) is 0 Å². The van der Waals surface area contributed by atoms with Gasteiger partial charge in [0.05, 0.1) is 0 Å². The maximum atomic E-state index is 11.6. The summed E-state index contributed by atoms with van der Waals surface area (Å²) in [6.45, 7) is 8.94. The third kappa shape index (κ3) is 6.04. The van der Waals surface area contributed by atoms with Crippen molar-refractivity contribution in [1.82, 2.24) is 0 Å². The van der Waals surface area contributed by atoms with Crippen molar-refractivity contribution in [1.29, 1.82) is 0 Å². The number of rotatable bonds is 9. The predicted octanol–water partition coefficient (Wildman–Crippen LogP) is 5.84. The fourth-order valence-corrected chi connectivity index (χ4v) is 3.07. The molecule has 0 aromatic heterocycles. The highest BCUT2D eigenvalue weighted by atomic mass is 16.5. The number of ether oxygens (including phenoxy) is 1. The molecule has 0 radical (unpaired) electrons. The Morgan fingerprint density at radius 2 is 1.64 bits per heavy atom. The van der Waals surface area contributed by atoms with E-state index in [1.807, 2.05) is 30.3 Å². The normalized spacial score (nSPS) is 13.5. The zero-order chi connectivity index (χ0) is 18.3. The van der Waals surface area contributed by atoms with Gasteiger partial charge in [0.1, 0.15) is 18.1 Å². The number of Topliss-reactive ketones (excluding diaryl/α,β-unsaturated/α-hetero) is 1. The van der Waals surface area contributed by atoms with Crippen LogP contribution in [0.5, 0.6) is 5.75 Å². The first-order chi connectivity index (χ1) is 11.9. The summed E-state index contributed by atoms with van der Waals surface area (Å²) in [6, 6.07) is 18.5. The van der Waals surface area contributed by atoms with E-state index in [1.54, 1.807) is 6.92 Å². The van der Waals surface area contributed by atoms with Crippen molar-refractivity contribution in [2.75, 3.05) is 0 Å². The Morgan fingerprint density at radius 1 is 1.00 bits per heavy atom. The summed E-state index contributed by atoms with van der Waals surface area (Å²) in [7, 11) is 0. The van der Waals surface area contributed by atoms with Crippen molar-refractivity contribution < 1.29 is 9.53 Å². The van der Waals surface area contributed by atoms with Crippen LogP contribution in [0.3, 0.4) is 0 Å². The second kappa shape index (κ2) is 8.84. The highest BCUT2D eigenvalue weighted by Gasteiger charge is 2.29. The van der Waals surface area contributed by atoms with Gasteiger partial charge in [0, 0.05) is 6.42 Å². The van der Waals surface area contributed by atoms with Crippen molar-refractivity contribution in [2.24, 2.45) is 11.3 Å². The monoisotopic (exact) mass is 338 g/mol. The molecular formula is C23H30O2. The number of carbonyl (C=O) groups is 1. The molecule has 2 aromatic rings. The van der Waals surface area contributed by atoms with Crippen molar-refractivity contribution >= 4 is 5.78 Å². The minimum Gasteiger partial charge on any atom is -0.489 e. The number of carbonyl (C=O) groups excluding carboxylic acids is 1. The van der Waals surface area contributed by atoms with Gasteiger partial charge >= 0.3 is 0 Å². The lowest BCUT2D eigenvalue weighted by Gasteiger charge is -2.33. The van der Waals surface area contributed by atoms with Gasteiger partial charge < -0.3 is 9.53 Å². The van der Waals surface area contributed by atoms with Crippen LogP contribution in [0.25, 0.3) is 0 Å². The van der Waals surface area contributed by atoms with E-state index in [1.165, 1.54) is 11.1 Å². The summed E-state index contributed by atoms with van der Waals surface area (Å²) in [5, 5.41) is 0. The summed E-state index contributed by atoms with van der Waals surface area (Å²) >= 11 is 0. The molecule has 0 aliphatic rings. The Balaban J connectivity index is 1.90. The van der Waals surface area contributed by atoms with E-state index in [9.17, 15) is 4.79 Å². The summed E-state index contributed by atoms with van der Waals surface area (Å²) < 4.78 is 5.84. The molecular weight excluding hydrogens is 308 g/mol. The number of hydrogen-bond acceptors (Lipinski definition) is 2. The Hall–Kier alpha value is -2.09. The molecule has 0 amide bonds. The topological polar surface area (TPSA) is 26.3 Å². The number of aryl methyl sites for hydroxylation is 1. The van der Waals surface area contributed by atoms with Crippen LogP contribution in [0.4, 0.5) is 0 Å². The van der Waals surface area contributed by atoms with Crippen molar-refractivity contribution in [3.05, 3.63) is 65.7 Å². The summed E-state index contributed by atoms with van der Waals surface area (Å²) in [5.74, 6) is 1.66. The fourth-order valence-electron chi connectivity index (χ4n) is 3.07. The minimum absolute atomic E-state index is 0.0638. The van der Waals surface area contributed by atoms with E-state index in [4.69, 9.17) is 4.74 Å². The molecule has 0 N–H and O–H groups in total. The number of ketones is 1. The first-order valence-electron chi connectivity index (χ1n) is 9.14. The maximum absolute atomic E-state index is 11.6. The van der Waals surface area contributed by atoms with E-state index in [2.05, 4.69) is 45.0 Å². The fraction of sp³-hybridized carbons (Fsp3) is 0.435. The molecule has 1 atom stereocenters. The van der Waals surface area contributed by atoms with Gasteiger partial charge in [0.2, 0.25) is 0 Å². The first-order valence-corrected chi connectivity index (χ1v) is 9.14. The highest BCUT2D eigenvalue weighted by Crippen LogP contribution is 2.36. The molecule has 25 heavy (non-hydrogen) atoms. The molecule has 2 aromatic carbocycles. The third-order valence-corrected chi connectivity index (χ3v) is 5.20. The molecule has 0 fully saturated rings. The number of benzene rings is 2. The molecule has 2 heteroatoms. The van der Waals surface area contributed by atoms with Crippen molar-refractivity contribution in [3.63, 3.8) is 0 Å². The second-order valence-corrected chi connectivity index (χ2v) is 7.61. The summed E-state index contributed by atoms with van der Waals surface area (Å²) in [4.78, 5) is 11.6. The maximum Gasteiger partial charge on any atom is 0.130 e. The van der Waals surface area contributed by atoms with Crippen LogP contribution in [0.2, 0.25) is 0 Å². The predicted molar refractivity (Wildman–Crippen MR) is 104 cm³/mol. The summed E-state index contributed by atoms with van der Waals surface area (Å²) in [6.07, 6.45) is 2.67. The Morgan fingerprint density at radius 3 is 2.20 bits per heavy atom. The van der Waals surface area contributed by atoms with Gasteiger partial charge in [-0.05, 0) is 54.4 Å². The second-order valence-electron chi connectivity index (χ2n) is 7.61. The van der Waals surface area contributed by atoms with Crippen LogP contribution in [0.1, 0.15) is 51.7 Å². The van der Waals surface area contributed by atoms with E-state index >= 15 is 0 Å². The SMILES string of the molecule is CC(=O)CC(C)(CCc1ccc(OCc2ccccc2)cc1)C(C)C. The lowest BCUT2D eigenvalue weighted by molar-refractivity contribution is -0.119. The van der Waals surface area contributed by atoms with Crippen molar-refractivity contribution in [2.45, 2.75) is 53.6 Å². The molecule has 2 rings (SSSR count). The van der Waals surface area contributed by atoms with Crippen molar-refractivity contribution in [3.8, 4) is 5.75 Å². The smallest absolute Gasteiger partial charge is 0.130 e. The molecule has 134 valence electrons.